The van der Waals surface area contributed by atoms with E-state index in [0.717, 1.165) is 6.92 Å². The van der Waals surface area contributed by atoms with Crippen LogP contribution in [0.25, 0.3) is 0 Å². The molecule has 0 aromatic rings. The van der Waals surface area contributed by atoms with Gasteiger partial charge in [-0.15, -0.1) is 30.9 Å². The van der Waals surface area contributed by atoms with Gasteiger partial charge in [0.05, 0.1) is 17.6 Å². The van der Waals surface area contributed by atoms with Crippen LogP contribution in [0.15, 0.2) is 51.4 Å². The Kier molecular flexibility index (Phi) is 7.26. The van der Waals surface area contributed by atoms with Gasteiger partial charge in [-0.3, -0.25) is 14.5 Å². The number of fused-ring (bicyclic) bond motifs is 3. The third-order valence-electron chi connectivity index (χ3n) is 6.83. The molecule has 0 bridgehead atoms. The fourth-order valence-corrected chi connectivity index (χ4v) is 5.48. The first kappa shape index (κ1) is 28.3. The number of likely N-dealkylation sites (N-methyl/N-ethyl adjacent to an activating group) is 1. The van der Waals surface area contributed by atoms with Gasteiger partial charge < -0.3 is 30.0 Å². The molecule has 0 saturated heterocycles. The van der Waals surface area contributed by atoms with Crippen molar-refractivity contribution in [1.82, 2.24) is 4.90 Å². The van der Waals surface area contributed by atoms with Crippen molar-refractivity contribution in [3.05, 3.63) is 57.5 Å². The van der Waals surface area contributed by atoms with E-state index < -0.39 is 81.4 Å². The van der Waals surface area contributed by atoms with Crippen molar-refractivity contribution < 1.29 is 85.4 Å². The number of ether oxygens (including phenoxy) is 1. The van der Waals surface area contributed by atoms with Gasteiger partial charge >= 0.3 is 6.36 Å². The van der Waals surface area contributed by atoms with E-state index in [1.165, 1.54) is 19.0 Å². The third-order valence-corrected chi connectivity index (χ3v) is 6.83. The Bertz CT molecular complexity index is 1230. The van der Waals surface area contributed by atoms with Gasteiger partial charge in [0.2, 0.25) is 0 Å². The average Bonchev–Trinajstić information content (AvgIpc) is 2.71. The minimum absolute atomic E-state index is 0. The van der Waals surface area contributed by atoms with Crippen molar-refractivity contribution in [3.8, 4) is 0 Å². The molecular weight excluding hydrogens is 564 g/mol. The molecule has 4 aliphatic carbocycles. The smallest absolute Gasteiger partial charge is 0.520 e. The SMILES string of the molecule is CC(=O)C1=C(O)[C@@]2(O)C(O)=C3C(O)=C4C(=O)[C-]=CC(OC(F)(F)F)=C4C[C@H]3C[C@H]2[C@H](N(C)C)C1=O.[Y]. The zero-order valence-corrected chi connectivity index (χ0v) is 22.1. The molecule has 0 saturated carbocycles. The largest absolute Gasteiger partial charge is 0.561 e. The number of alkyl halides is 3. The van der Waals surface area contributed by atoms with Crippen LogP contribution in [0.4, 0.5) is 13.2 Å². The van der Waals surface area contributed by atoms with Gasteiger partial charge in [-0.25, -0.2) is 0 Å². The fourth-order valence-electron chi connectivity index (χ4n) is 5.48. The van der Waals surface area contributed by atoms with Gasteiger partial charge in [-0.2, -0.15) is 0 Å². The van der Waals surface area contributed by atoms with Gasteiger partial charge in [0.25, 0.3) is 0 Å². The second-order valence-electron chi connectivity index (χ2n) is 9.06. The molecule has 0 aromatic heterocycles. The molecular formula is C23H21F3NO8Y-. The molecule has 0 unspecified atom stereocenters. The topological polar surface area (TPSA) is 145 Å². The van der Waals surface area contributed by atoms with Crippen molar-refractivity contribution in [2.45, 2.75) is 37.8 Å². The van der Waals surface area contributed by atoms with Crippen molar-refractivity contribution in [2.24, 2.45) is 11.8 Å². The standard InChI is InChI=1S/C23H21F3NO8.Y/c1-8(28)14-19(31)17(27(2)3)11-7-9-6-10-13(35-23(24,25)26)5-4-12(29)16(10)18(30)15(9)21(33)22(11,34)20(14)32;/h5,9,11,17,30,32-34H,6-7H2,1-3H3;/q-1;/t9-,11-,17-,22+;/m0./s1. The maximum atomic E-state index is 13.1. The summed E-state index contributed by atoms with van der Waals surface area (Å²) < 4.78 is 42.8. The number of allylic oxidation sites excluding steroid dienone is 5. The number of aliphatic hydroxyl groups excluding tert-OH is 3. The minimum Gasteiger partial charge on any atom is -0.520 e. The Labute approximate surface area is 228 Å². The summed E-state index contributed by atoms with van der Waals surface area (Å²) >= 11 is 0. The normalized spacial score (nSPS) is 30.3. The molecule has 4 aliphatic rings. The Morgan fingerprint density at radius 1 is 1.19 bits per heavy atom. The minimum atomic E-state index is -5.10. The van der Waals surface area contributed by atoms with Crippen molar-refractivity contribution in [3.63, 3.8) is 0 Å². The molecule has 4 atom stereocenters. The van der Waals surface area contributed by atoms with Gasteiger partial charge in [-0.05, 0) is 45.4 Å². The number of rotatable bonds is 3. The van der Waals surface area contributed by atoms with E-state index in [1.807, 2.05) is 6.08 Å². The second kappa shape index (κ2) is 9.23. The van der Waals surface area contributed by atoms with E-state index in [0.29, 0.717) is 6.08 Å². The van der Waals surface area contributed by atoms with E-state index in [9.17, 15) is 48.0 Å². The summed E-state index contributed by atoms with van der Waals surface area (Å²) in [6, 6.07) is -1.20. The van der Waals surface area contributed by atoms with Gasteiger partial charge in [-0.1, -0.05) is 0 Å². The summed E-state index contributed by atoms with van der Waals surface area (Å²) in [5.74, 6) is -8.62. The Morgan fingerprint density at radius 2 is 1.81 bits per heavy atom. The molecule has 13 heteroatoms. The summed E-state index contributed by atoms with van der Waals surface area (Å²) in [5.41, 5.74) is -4.65. The molecule has 4 N–H and O–H groups in total. The second-order valence-corrected chi connectivity index (χ2v) is 9.06. The molecule has 0 spiro atoms. The third kappa shape index (κ3) is 4.08. The quantitative estimate of drug-likeness (QED) is 0.289. The summed E-state index contributed by atoms with van der Waals surface area (Å²) in [6.45, 7) is 0.998. The van der Waals surface area contributed by atoms with Crippen LogP contribution in [0.3, 0.4) is 0 Å². The van der Waals surface area contributed by atoms with Crippen LogP contribution in [0.1, 0.15) is 19.8 Å². The van der Waals surface area contributed by atoms with Crippen molar-refractivity contribution in [2.75, 3.05) is 14.1 Å². The van der Waals surface area contributed by atoms with Crippen LogP contribution >= 0.6 is 0 Å². The van der Waals surface area contributed by atoms with Crippen LogP contribution in [-0.4, -0.2) is 74.8 Å². The number of Topliss-reactive ketones (excluding diaryl/α,β-unsaturated/α-hetero) is 3. The Hall–Kier alpha value is -2.28. The van der Waals surface area contributed by atoms with Crippen LogP contribution in [0.2, 0.25) is 0 Å². The number of nitrogens with zero attached hydrogens (tertiary/aromatic N) is 1. The Morgan fingerprint density at radius 3 is 2.33 bits per heavy atom. The first-order chi connectivity index (χ1) is 16.1. The molecule has 1 radical (unpaired) electrons. The van der Waals surface area contributed by atoms with Gasteiger partial charge in [0.1, 0.15) is 17.1 Å². The van der Waals surface area contributed by atoms with E-state index in [-0.39, 0.29) is 56.7 Å². The van der Waals surface area contributed by atoms with Gasteiger partial charge in [0, 0.05) is 50.0 Å². The number of hydrogen-bond donors (Lipinski definition) is 4. The maximum Gasteiger partial charge on any atom is 0.561 e. The molecule has 0 heterocycles. The number of ketones is 3. The maximum absolute atomic E-state index is 13.1. The molecule has 0 amide bonds. The molecule has 0 fully saturated rings. The van der Waals surface area contributed by atoms with Crippen LogP contribution < -0.4 is 0 Å². The predicted molar refractivity (Wildman–Crippen MR) is 110 cm³/mol. The Balaban J connectivity index is 0.00000361. The molecule has 36 heavy (non-hydrogen) atoms. The van der Waals surface area contributed by atoms with Crippen molar-refractivity contribution >= 4 is 17.3 Å². The molecule has 191 valence electrons. The molecule has 4 rings (SSSR count). The summed E-state index contributed by atoms with van der Waals surface area (Å²) in [4.78, 5) is 39.0. The van der Waals surface area contributed by atoms with E-state index in [2.05, 4.69) is 4.74 Å². The van der Waals surface area contributed by atoms with Crippen LogP contribution in [0.5, 0.6) is 0 Å². The molecule has 0 aromatic carbocycles. The number of aliphatic hydroxyl groups is 4. The zero-order valence-electron chi connectivity index (χ0n) is 19.3. The first-order valence-electron chi connectivity index (χ1n) is 10.5. The summed E-state index contributed by atoms with van der Waals surface area (Å²) in [6.07, 6.45) is -2.89. The number of halogens is 3. The fraction of sp³-hybridized carbons (Fsp3) is 0.435. The number of hydrogen-bond acceptors (Lipinski definition) is 9. The number of carbonyl (C=O) groups excluding carboxylic acids is 3. The predicted octanol–water partition coefficient (Wildman–Crippen LogP) is 2.03. The van der Waals surface area contributed by atoms with E-state index in [1.54, 1.807) is 0 Å². The zero-order chi connectivity index (χ0) is 26.2. The van der Waals surface area contributed by atoms with E-state index in [4.69, 9.17) is 0 Å². The van der Waals surface area contributed by atoms with Gasteiger partial charge in [0.15, 0.2) is 17.2 Å². The summed E-state index contributed by atoms with van der Waals surface area (Å²) in [5, 5.41) is 44.4. The first-order valence-corrected chi connectivity index (χ1v) is 10.5. The van der Waals surface area contributed by atoms with Crippen LogP contribution in [0, 0.1) is 17.9 Å². The van der Waals surface area contributed by atoms with Crippen LogP contribution in [-0.2, 0) is 51.8 Å². The molecule has 9 nitrogen and oxygen atoms in total. The number of carbonyl (C=O) groups is 3. The molecule has 0 aliphatic heterocycles. The average molecular weight is 585 g/mol. The summed E-state index contributed by atoms with van der Waals surface area (Å²) in [7, 11) is 2.96. The van der Waals surface area contributed by atoms with E-state index >= 15 is 0 Å². The monoisotopic (exact) mass is 585 g/mol. The van der Waals surface area contributed by atoms with Crippen molar-refractivity contribution in [1.29, 1.82) is 0 Å².